The molecular weight excluding hydrogens is 386 g/mol. The molecule has 1 aromatic heterocycles. The van der Waals surface area contributed by atoms with Crippen molar-refractivity contribution in [1.82, 2.24) is 4.90 Å². The number of thiophene rings is 1. The van der Waals surface area contributed by atoms with Gasteiger partial charge in [0, 0.05) is 10.9 Å². The van der Waals surface area contributed by atoms with Crippen molar-refractivity contribution in [3.63, 3.8) is 0 Å². The number of rotatable bonds is 8. The van der Waals surface area contributed by atoms with Crippen LogP contribution in [0.15, 0.2) is 41.8 Å². The molecule has 1 aliphatic rings. The Kier molecular flexibility index (Phi) is 6.38. The van der Waals surface area contributed by atoms with Crippen LogP contribution in [-0.4, -0.2) is 50.0 Å². The summed E-state index contributed by atoms with van der Waals surface area (Å²) in [5.41, 5.74) is 0. The van der Waals surface area contributed by atoms with E-state index in [1.807, 2.05) is 36.6 Å². The summed E-state index contributed by atoms with van der Waals surface area (Å²) in [6, 6.07) is 10.7. The fourth-order valence-electron chi connectivity index (χ4n) is 3.08. The maximum Gasteiger partial charge on any atom is 0.261 e. The third-order valence-electron chi connectivity index (χ3n) is 4.38. The molecule has 3 rings (SSSR count). The lowest BCUT2D eigenvalue weighted by molar-refractivity contribution is -0.135. The van der Waals surface area contributed by atoms with Crippen molar-refractivity contribution in [1.29, 1.82) is 0 Å². The zero-order chi connectivity index (χ0) is 19.3. The van der Waals surface area contributed by atoms with Gasteiger partial charge in [0.1, 0.15) is 0 Å². The Morgan fingerprint density at radius 2 is 1.93 bits per heavy atom. The molecular formula is C19H23NO5S2. The molecule has 0 spiro atoms. The van der Waals surface area contributed by atoms with Crippen LogP contribution in [0, 0.1) is 0 Å². The highest BCUT2D eigenvalue weighted by Gasteiger charge is 2.35. The molecule has 0 unspecified atom stereocenters. The molecule has 1 amide bonds. The smallest absolute Gasteiger partial charge is 0.261 e. The Hall–Kier alpha value is -2.06. The lowest BCUT2D eigenvalue weighted by Crippen LogP contribution is -2.42. The number of benzene rings is 1. The van der Waals surface area contributed by atoms with E-state index in [9.17, 15) is 13.2 Å². The summed E-state index contributed by atoms with van der Waals surface area (Å²) in [5, 5.41) is 1.94. The van der Waals surface area contributed by atoms with Crippen molar-refractivity contribution in [3.05, 3.63) is 46.7 Å². The maximum atomic E-state index is 12.9. The van der Waals surface area contributed by atoms with Crippen LogP contribution in [0.5, 0.6) is 11.5 Å². The first-order valence-electron chi connectivity index (χ1n) is 8.85. The maximum absolute atomic E-state index is 12.9. The molecule has 2 heterocycles. The number of sulfone groups is 1. The third-order valence-corrected chi connectivity index (χ3v) is 6.99. The molecule has 0 N–H and O–H groups in total. The van der Waals surface area contributed by atoms with Crippen LogP contribution in [0.2, 0.25) is 0 Å². The summed E-state index contributed by atoms with van der Waals surface area (Å²) in [7, 11) is -3.09. The van der Waals surface area contributed by atoms with Gasteiger partial charge < -0.3 is 14.4 Å². The average molecular weight is 410 g/mol. The van der Waals surface area contributed by atoms with Gasteiger partial charge in [0.2, 0.25) is 0 Å². The fraction of sp³-hybridized carbons (Fsp3) is 0.421. The quantitative estimate of drug-likeness (QED) is 0.670. The number of nitrogens with zero attached hydrogens (tertiary/aromatic N) is 1. The van der Waals surface area contributed by atoms with Gasteiger partial charge in [0.05, 0.1) is 24.7 Å². The second-order valence-electron chi connectivity index (χ2n) is 6.33. The van der Waals surface area contributed by atoms with Crippen LogP contribution in [0.25, 0.3) is 0 Å². The molecule has 1 atom stereocenters. The van der Waals surface area contributed by atoms with E-state index in [0.717, 1.165) is 4.88 Å². The summed E-state index contributed by atoms with van der Waals surface area (Å²) in [6.07, 6.45) is 0.467. The SMILES string of the molecule is CCOc1ccccc1OCC(=O)N(Cc1cccs1)[C@H]1CCS(=O)(=O)C1. The molecule has 0 bridgehead atoms. The van der Waals surface area contributed by atoms with E-state index in [-0.39, 0.29) is 30.1 Å². The molecule has 0 saturated carbocycles. The molecule has 1 fully saturated rings. The normalized spacial score (nSPS) is 18.2. The van der Waals surface area contributed by atoms with E-state index in [1.165, 1.54) is 0 Å². The van der Waals surface area contributed by atoms with E-state index in [2.05, 4.69) is 0 Å². The van der Waals surface area contributed by atoms with Crippen LogP contribution in [0.3, 0.4) is 0 Å². The summed E-state index contributed by atoms with van der Waals surface area (Å²) < 4.78 is 35.0. The Morgan fingerprint density at radius 1 is 1.19 bits per heavy atom. The van der Waals surface area contributed by atoms with Gasteiger partial charge in [-0.05, 0) is 36.9 Å². The number of ether oxygens (including phenoxy) is 2. The summed E-state index contributed by atoms with van der Waals surface area (Å²) in [5.74, 6) is 1.00. The molecule has 27 heavy (non-hydrogen) atoms. The molecule has 0 aliphatic carbocycles. The monoisotopic (exact) mass is 409 g/mol. The van der Waals surface area contributed by atoms with Gasteiger partial charge in [-0.25, -0.2) is 8.42 Å². The predicted octanol–water partition coefficient (Wildman–Crippen LogP) is 2.74. The zero-order valence-electron chi connectivity index (χ0n) is 15.2. The average Bonchev–Trinajstić information content (AvgIpc) is 3.28. The van der Waals surface area contributed by atoms with Gasteiger partial charge in [-0.3, -0.25) is 4.79 Å². The minimum Gasteiger partial charge on any atom is -0.490 e. The second kappa shape index (κ2) is 8.75. The number of hydrogen-bond donors (Lipinski definition) is 0. The summed E-state index contributed by atoms with van der Waals surface area (Å²) in [4.78, 5) is 15.5. The Bertz CT molecular complexity index is 864. The van der Waals surface area contributed by atoms with E-state index in [4.69, 9.17) is 9.47 Å². The molecule has 146 valence electrons. The van der Waals surface area contributed by atoms with Gasteiger partial charge in [-0.15, -0.1) is 11.3 Å². The summed E-state index contributed by atoms with van der Waals surface area (Å²) >= 11 is 1.55. The number of para-hydroxylation sites is 2. The fourth-order valence-corrected chi connectivity index (χ4v) is 5.51. The van der Waals surface area contributed by atoms with Crippen molar-refractivity contribution in [2.75, 3.05) is 24.7 Å². The van der Waals surface area contributed by atoms with Crippen LogP contribution in [-0.2, 0) is 21.2 Å². The lowest BCUT2D eigenvalue weighted by atomic mass is 10.2. The molecule has 1 aromatic carbocycles. The van der Waals surface area contributed by atoms with Crippen LogP contribution in [0.4, 0.5) is 0 Å². The second-order valence-corrected chi connectivity index (χ2v) is 9.59. The van der Waals surface area contributed by atoms with Crippen LogP contribution < -0.4 is 9.47 Å². The van der Waals surface area contributed by atoms with Crippen molar-refractivity contribution in [2.45, 2.75) is 25.9 Å². The number of carbonyl (C=O) groups excluding carboxylic acids is 1. The van der Waals surface area contributed by atoms with Crippen LogP contribution in [0.1, 0.15) is 18.2 Å². The molecule has 8 heteroatoms. The highest BCUT2D eigenvalue weighted by atomic mass is 32.2. The van der Waals surface area contributed by atoms with Crippen molar-refractivity contribution < 1.29 is 22.7 Å². The standard InChI is InChI=1S/C19H23NO5S2/c1-2-24-17-7-3-4-8-18(17)25-13-19(21)20(12-16-6-5-10-26-16)15-9-11-27(22,23)14-15/h3-8,10,15H,2,9,11-14H2,1H3/t15-/m0/s1. The Balaban J connectivity index is 1.71. The van der Waals surface area contributed by atoms with Gasteiger partial charge in [0.25, 0.3) is 5.91 Å². The van der Waals surface area contributed by atoms with E-state index in [1.54, 1.807) is 28.4 Å². The number of amides is 1. The Labute approximate surface area is 163 Å². The number of carbonyl (C=O) groups is 1. The molecule has 1 saturated heterocycles. The molecule has 2 aromatic rings. The van der Waals surface area contributed by atoms with Gasteiger partial charge in [0.15, 0.2) is 27.9 Å². The molecule has 0 radical (unpaired) electrons. The molecule has 6 nitrogen and oxygen atoms in total. The van der Waals surface area contributed by atoms with E-state index >= 15 is 0 Å². The minimum atomic E-state index is -3.09. The van der Waals surface area contributed by atoms with Crippen molar-refractivity contribution in [2.24, 2.45) is 0 Å². The minimum absolute atomic E-state index is 0.0135. The highest BCUT2D eigenvalue weighted by molar-refractivity contribution is 7.91. The van der Waals surface area contributed by atoms with Gasteiger partial charge in [-0.2, -0.15) is 0 Å². The van der Waals surface area contributed by atoms with Crippen LogP contribution >= 0.6 is 11.3 Å². The first kappa shape index (κ1) is 19.7. The third kappa shape index (κ3) is 5.23. The van der Waals surface area contributed by atoms with Crippen molar-refractivity contribution >= 4 is 27.1 Å². The lowest BCUT2D eigenvalue weighted by Gasteiger charge is -2.28. The van der Waals surface area contributed by atoms with E-state index in [0.29, 0.717) is 31.1 Å². The number of hydrogen-bond acceptors (Lipinski definition) is 6. The Morgan fingerprint density at radius 3 is 2.52 bits per heavy atom. The molecule has 1 aliphatic heterocycles. The summed E-state index contributed by atoms with van der Waals surface area (Å²) in [6.45, 7) is 2.61. The highest BCUT2D eigenvalue weighted by Crippen LogP contribution is 2.27. The van der Waals surface area contributed by atoms with Gasteiger partial charge in [-0.1, -0.05) is 18.2 Å². The van der Waals surface area contributed by atoms with E-state index < -0.39 is 9.84 Å². The van der Waals surface area contributed by atoms with Crippen molar-refractivity contribution in [3.8, 4) is 11.5 Å². The first-order valence-corrected chi connectivity index (χ1v) is 11.6. The first-order chi connectivity index (χ1) is 13.0. The largest absolute Gasteiger partial charge is 0.490 e. The topological polar surface area (TPSA) is 72.9 Å². The van der Waals surface area contributed by atoms with Gasteiger partial charge >= 0.3 is 0 Å². The predicted molar refractivity (Wildman–Crippen MR) is 105 cm³/mol. The zero-order valence-corrected chi connectivity index (χ0v) is 16.8.